The van der Waals surface area contributed by atoms with E-state index in [1.165, 1.54) is 0 Å². The van der Waals surface area contributed by atoms with Crippen molar-refractivity contribution in [2.45, 2.75) is 46.8 Å². The Kier molecular flexibility index (Phi) is 9.06. The largest absolute Gasteiger partial charge is 0.755 e. The van der Waals surface area contributed by atoms with Crippen LogP contribution >= 0.6 is 11.6 Å². The zero-order chi connectivity index (χ0) is 30.0. The molecule has 11 heteroatoms. The average molecular weight is 598 g/mol. The summed E-state index contributed by atoms with van der Waals surface area (Å²) in [5.41, 5.74) is 3.49. The van der Waals surface area contributed by atoms with Crippen molar-refractivity contribution >= 4 is 57.1 Å². The third kappa shape index (κ3) is 6.40. The van der Waals surface area contributed by atoms with Gasteiger partial charge in [-0.1, -0.05) is 49.7 Å². The Morgan fingerprint density at radius 1 is 1.00 bits per heavy atom. The molecule has 2 N–H and O–H groups in total. The number of hydrogen-bond donors (Lipinski definition) is 2. The van der Waals surface area contributed by atoms with Crippen LogP contribution in [-0.4, -0.2) is 37.9 Å². The van der Waals surface area contributed by atoms with Crippen LogP contribution in [0.4, 0.5) is 11.4 Å². The van der Waals surface area contributed by atoms with Crippen molar-refractivity contribution < 1.29 is 32.6 Å². The topological polar surface area (TPSA) is 132 Å². The van der Waals surface area contributed by atoms with Gasteiger partial charge in [-0.15, -0.1) is 0 Å². The summed E-state index contributed by atoms with van der Waals surface area (Å²) < 4.78 is 36.4. The molecule has 0 aliphatic rings. The molecule has 4 rings (SSSR count). The molecular weight excluding hydrogens is 568 g/mol. The number of carbonyl (C=O) groups excluding carboxylic acids is 1. The number of aliphatic carboxylic acids is 1. The van der Waals surface area contributed by atoms with Crippen LogP contribution in [-0.2, 0) is 16.1 Å². The highest BCUT2D eigenvalue weighted by Crippen LogP contribution is 2.39. The van der Waals surface area contributed by atoms with E-state index in [1.807, 2.05) is 26.0 Å². The average Bonchev–Trinajstić information content (AvgIpc) is 3.25. The smallest absolute Gasteiger partial charge is 0.327 e. The van der Waals surface area contributed by atoms with E-state index in [0.717, 1.165) is 15.4 Å². The number of anilines is 2. The highest BCUT2D eigenvalue weighted by molar-refractivity contribution is 7.80. The third-order valence-electron chi connectivity index (χ3n) is 6.45. The van der Waals surface area contributed by atoms with E-state index in [1.54, 1.807) is 69.3 Å². The summed E-state index contributed by atoms with van der Waals surface area (Å²) in [4.78, 5) is 24.8. The summed E-state index contributed by atoms with van der Waals surface area (Å²) in [5, 5.41) is 13.5. The number of ether oxygens (including phenoxy) is 1. The minimum Gasteiger partial charge on any atom is -0.755 e. The van der Waals surface area contributed by atoms with Crippen molar-refractivity contribution in [2.24, 2.45) is 5.92 Å². The molecule has 1 amide bonds. The van der Waals surface area contributed by atoms with Crippen LogP contribution < -0.4 is 14.4 Å². The second-order valence-electron chi connectivity index (χ2n) is 10.1. The van der Waals surface area contributed by atoms with Crippen LogP contribution in [0.2, 0.25) is 5.02 Å². The van der Waals surface area contributed by atoms with Gasteiger partial charge in [-0.25, -0.2) is 4.79 Å². The van der Waals surface area contributed by atoms with Gasteiger partial charge >= 0.3 is 5.97 Å². The Morgan fingerprint density at radius 3 is 2.10 bits per heavy atom. The maximum Gasteiger partial charge on any atom is 0.327 e. The molecule has 4 aromatic rings. The van der Waals surface area contributed by atoms with Crippen LogP contribution in [0, 0.1) is 12.8 Å². The molecule has 216 valence electrons. The van der Waals surface area contributed by atoms with Crippen LogP contribution in [0.25, 0.3) is 22.1 Å². The summed E-state index contributed by atoms with van der Waals surface area (Å²) in [5.74, 6) is -1.47. The lowest BCUT2D eigenvalue weighted by Gasteiger charge is -2.34. The molecule has 0 bridgehead atoms. The number of furan rings is 1. The van der Waals surface area contributed by atoms with E-state index in [2.05, 4.69) is 5.32 Å². The van der Waals surface area contributed by atoms with Crippen molar-refractivity contribution in [1.82, 2.24) is 0 Å². The van der Waals surface area contributed by atoms with Gasteiger partial charge in [0.2, 0.25) is 0 Å². The monoisotopic (exact) mass is 597 g/mol. The quantitative estimate of drug-likeness (QED) is 0.192. The van der Waals surface area contributed by atoms with Crippen LogP contribution in [0.1, 0.15) is 43.8 Å². The molecule has 9 nitrogen and oxygen atoms in total. The van der Waals surface area contributed by atoms with Crippen LogP contribution in [0.15, 0.2) is 65.1 Å². The fourth-order valence-corrected chi connectivity index (χ4v) is 5.59. The number of carboxylic acid groups (broad SMARTS) is 1. The van der Waals surface area contributed by atoms with Gasteiger partial charge in [0.1, 0.15) is 17.4 Å². The summed E-state index contributed by atoms with van der Waals surface area (Å²) >= 11 is 3.59. The Balaban J connectivity index is 1.53. The SMILES string of the molecule is Cc1c(C(=O)Nc2ccc(-c3ccc(N(C(C(=O)O)C(C)C)S(=O)[O-])cc3)cc2)oc2ccc(Cl)c(OC(C)C)c12. The van der Waals surface area contributed by atoms with Crippen molar-refractivity contribution in [3.8, 4) is 16.9 Å². The summed E-state index contributed by atoms with van der Waals surface area (Å²) in [6.45, 7) is 8.86. The predicted octanol–water partition coefficient (Wildman–Crippen LogP) is 6.81. The number of fused-ring (bicyclic) bond motifs is 1. The fraction of sp³-hybridized carbons (Fsp3) is 0.267. The van der Waals surface area contributed by atoms with Crippen LogP contribution in [0.3, 0.4) is 0 Å². The van der Waals surface area contributed by atoms with E-state index in [-0.39, 0.29) is 17.6 Å². The normalized spacial score (nSPS) is 12.9. The minimum absolute atomic E-state index is 0.115. The third-order valence-corrected chi connectivity index (χ3v) is 7.51. The second kappa shape index (κ2) is 12.3. The maximum atomic E-state index is 13.1. The summed E-state index contributed by atoms with van der Waals surface area (Å²) in [7, 11) is 0. The zero-order valence-corrected chi connectivity index (χ0v) is 24.7. The number of aryl methyl sites for hydroxylation is 1. The number of rotatable bonds is 10. The van der Waals surface area contributed by atoms with E-state index in [4.69, 9.17) is 20.8 Å². The van der Waals surface area contributed by atoms with Gasteiger partial charge in [-0.05, 0) is 74.2 Å². The predicted molar refractivity (Wildman–Crippen MR) is 159 cm³/mol. The minimum atomic E-state index is -2.77. The molecule has 0 saturated carbocycles. The number of nitrogens with one attached hydrogen (secondary N) is 1. The fourth-order valence-electron chi connectivity index (χ4n) is 4.58. The van der Waals surface area contributed by atoms with E-state index >= 15 is 0 Å². The lowest BCUT2D eigenvalue weighted by molar-refractivity contribution is -0.139. The Morgan fingerprint density at radius 2 is 1.59 bits per heavy atom. The Hall–Kier alpha value is -3.86. The molecule has 2 atom stereocenters. The number of nitrogens with zero attached hydrogens (tertiary/aromatic N) is 1. The zero-order valence-electron chi connectivity index (χ0n) is 23.1. The lowest BCUT2D eigenvalue weighted by Crippen LogP contribution is -2.45. The van der Waals surface area contributed by atoms with Gasteiger partial charge in [0.15, 0.2) is 5.76 Å². The first kappa shape index (κ1) is 30.1. The summed E-state index contributed by atoms with van der Waals surface area (Å²) in [6.07, 6.45) is -0.115. The second-order valence-corrected chi connectivity index (χ2v) is 11.4. The molecule has 0 aliphatic heterocycles. The molecule has 0 spiro atoms. The van der Waals surface area contributed by atoms with E-state index < -0.39 is 35.1 Å². The number of amides is 1. The maximum absolute atomic E-state index is 13.1. The number of carboxylic acids is 1. The number of halogens is 1. The molecule has 3 aromatic carbocycles. The standard InChI is InChI=1S/C30H31ClN2O7S/c1-16(2)26(30(35)36)33(41(37)38)22-12-8-20(9-13-22)19-6-10-21(11-7-19)32-29(34)27-18(5)25-24(40-27)15-14-23(31)28(25)39-17(3)4/h6-17,26H,1-5H3,(H,32,34)(H,35,36)(H,37,38)/p-1. The molecular formula is C30H30ClN2O7S-. The molecule has 1 heterocycles. The van der Waals surface area contributed by atoms with Gasteiger partial charge in [0.05, 0.1) is 16.5 Å². The van der Waals surface area contributed by atoms with Gasteiger partial charge in [-0.3, -0.25) is 13.3 Å². The molecule has 1 aromatic heterocycles. The number of hydrogen-bond acceptors (Lipinski definition) is 6. The van der Waals surface area contributed by atoms with Gasteiger partial charge in [0.25, 0.3) is 5.91 Å². The number of carbonyl (C=O) groups is 2. The molecule has 2 unspecified atom stereocenters. The molecule has 0 aliphatic carbocycles. The molecule has 0 saturated heterocycles. The van der Waals surface area contributed by atoms with Gasteiger partial charge in [-0.2, -0.15) is 0 Å². The van der Waals surface area contributed by atoms with Crippen molar-refractivity contribution in [3.63, 3.8) is 0 Å². The van der Waals surface area contributed by atoms with Crippen LogP contribution in [0.5, 0.6) is 5.75 Å². The first-order valence-corrected chi connectivity index (χ1v) is 14.3. The van der Waals surface area contributed by atoms with Gasteiger partial charge < -0.3 is 24.1 Å². The van der Waals surface area contributed by atoms with Crippen molar-refractivity contribution in [1.29, 1.82) is 0 Å². The van der Waals surface area contributed by atoms with Crippen molar-refractivity contribution in [3.05, 3.63) is 77.0 Å². The molecule has 0 fully saturated rings. The van der Waals surface area contributed by atoms with E-state index in [0.29, 0.717) is 33.0 Å². The van der Waals surface area contributed by atoms with E-state index in [9.17, 15) is 23.5 Å². The highest BCUT2D eigenvalue weighted by Gasteiger charge is 2.30. The summed E-state index contributed by atoms with van der Waals surface area (Å²) in [6, 6.07) is 15.8. The molecule has 41 heavy (non-hydrogen) atoms. The van der Waals surface area contributed by atoms with Crippen molar-refractivity contribution in [2.75, 3.05) is 9.62 Å². The highest BCUT2D eigenvalue weighted by atomic mass is 35.5. The molecule has 0 radical (unpaired) electrons. The Bertz CT molecular complexity index is 1600. The lowest BCUT2D eigenvalue weighted by atomic mass is 10.0. The number of benzene rings is 3. The first-order chi connectivity index (χ1) is 19.4. The van der Waals surface area contributed by atoms with Gasteiger partial charge in [0, 0.05) is 28.2 Å². The first-order valence-electron chi connectivity index (χ1n) is 12.9. The Labute approximate surface area is 245 Å².